The van der Waals surface area contributed by atoms with Gasteiger partial charge >= 0.3 is 0 Å². The Morgan fingerprint density at radius 3 is 2.54 bits per heavy atom. The highest BCUT2D eigenvalue weighted by Crippen LogP contribution is 2.35. The number of rotatable bonds is 6. The van der Waals surface area contributed by atoms with E-state index in [1.165, 1.54) is 0 Å². The van der Waals surface area contributed by atoms with Crippen LogP contribution in [0.15, 0.2) is 53.1 Å². The number of hydrogen-bond acceptors (Lipinski definition) is 5. The van der Waals surface area contributed by atoms with E-state index in [2.05, 4.69) is 5.32 Å². The molecule has 8 nitrogen and oxygen atoms in total. The van der Waals surface area contributed by atoms with E-state index in [9.17, 15) is 14.4 Å². The van der Waals surface area contributed by atoms with Crippen LogP contribution < -0.4 is 5.32 Å². The fourth-order valence-electron chi connectivity index (χ4n) is 5.71. The molecule has 1 N–H and O–H groups in total. The molecule has 3 fully saturated rings. The van der Waals surface area contributed by atoms with Crippen LogP contribution in [0.25, 0.3) is 0 Å². The second-order valence-electron chi connectivity index (χ2n) is 9.97. The van der Waals surface area contributed by atoms with Gasteiger partial charge in [-0.15, -0.1) is 0 Å². The first-order valence-corrected chi connectivity index (χ1v) is 12.6. The van der Waals surface area contributed by atoms with E-state index >= 15 is 0 Å². The molecular formula is C27H33N3O5. The summed E-state index contributed by atoms with van der Waals surface area (Å²) < 4.78 is 10.9. The Bertz CT molecular complexity index is 1020. The number of nitrogens with zero attached hydrogens (tertiary/aromatic N) is 2. The molecule has 3 aliphatic rings. The molecule has 2 aromatic rings. The number of fused-ring (bicyclic) bond motifs is 1. The molecular weight excluding hydrogens is 446 g/mol. The molecule has 1 aromatic heterocycles. The van der Waals surface area contributed by atoms with Crippen molar-refractivity contribution in [1.82, 2.24) is 15.1 Å². The minimum Gasteiger partial charge on any atom is -0.467 e. The Balaban J connectivity index is 1.28. The zero-order valence-electron chi connectivity index (χ0n) is 19.9. The van der Waals surface area contributed by atoms with Gasteiger partial charge in [0.05, 0.1) is 19.4 Å². The summed E-state index contributed by atoms with van der Waals surface area (Å²) in [6.45, 7) is 2.68. The molecule has 8 heteroatoms. The molecule has 1 saturated carbocycles. The molecule has 3 heterocycles. The van der Waals surface area contributed by atoms with Gasteiger partial charge in [0.1, 0.15) is 5.76 Å². The molecule has 2 aliphatic heterocycles. The van der Waals surface area contributed by atoms with Gasteiger partial charge < -0.3 is 24.3 Å². The van der Waals surface area contributed by atoms with Crippen molar-refractivity contribution >= 4 is 17.7 Å². The summed E-state index contributed by atoms with van der Waals surface area (Å²) in [6, 6.07) is 13.5. The second kappa shape index (κ2) is 10.6. The zero-order chi connectivity index (χ0) is 24.2. The molecule has 0 bridgehead atoms. The lowest BCUT2D eigenvalue weighted by molar-refractivity contribution is -0.141. The summed E-state index contributed by atoms with van der Waals surface area (Å²) in [5.41, 5.74) is 1.06. The summed E-state index contributed by atoms with van der Waals surface area (Å²) in [5, 5.41) is 3.10. The monoisotopic (exact) mass is 479 g/mol. The smallest absolute Gasteiger partial charge is 0.239 e. The summed E-state index contributed by atoms with van der Waals surface area (Å²) in [4.78, 5) is 43.1. The number of nitrogens with one attached hydrogen (secondary N) is 1. The van der Waals surface area contributed by atoms with E-state index in [0.29, 0.717) is 58.5 Å². The third-order valence-electron chi connectivity index (χ3n) is 7.52. The van der Waals surface area contributed by atoms with Crippen molar-refractivity contribution in [1.29, 1.82) is 0 Å². The van der Waals surface area contributed by atoms with Gasteiger partial charge in [-0.2, -0.15) is 0 Å². The van der Waals surface area contributed by atoms with Gasteiger partial charge in [0.25, 0.3) is 0 Å². The van der Waals surface area contributed by atoms with Crippen LogP contribution in [0, 0.1) is 17.8 Å². The van der Waals surface area contributed by atoms with Crippen molar-refractivity contribution in [3.8, 4) is 0 Å². The highest BCUT2D eigenvalue weighted by atomic mass is 16.5. The van der Waals surface area contributed by atoms with Gasteiger partial charge in [0.15, 0.2) is 0 Å². The summed E-state index contributed by atoms with van der Waals surface area (Å²) in [6.07, 6.45) is 4.28. The molecule has 5 rings (SSSR count). The maximum absolute atomic E-state index is 13.7. The van der Waals surface area contributed by atoms with Crippen LogP contribution in [0.3, 0.4) is 0 Å². The van der Waals surface area contributed by atoms with Crippen molar-refractivity contribution in [2.75, 3.05) is 26.3 Å². The zero-order valence-corrected chi connectivity index (χ0v) is 19.9. The Labute approximate surface area is 205 Å². The minimum atomic E-state index is -0.206. The SMILES string of the molecule is O=C1CN(C(=O)C2CCOCC2)C[C@H]2C[C@H](C(=O)N(Cc3ccccc3)Cc3ccco3)C[C@H]2N1. The maximum atomic E-state index is 13.7. The van der Waals surface area contributed by atoms with Crippen molar-refractivity contribution in [3.63, 3.8) is 0 Å². The fourth-order valence-corrected chi connectivity index (χ4v) is 5.71. The van der Waals surface area contributed by atoms with Crippen LogP contribution in [-0.4, -0.2) is 59.9 Å². The summed E-state index contributed by atoms with van der Waals surface area (Å²) in [5.74, 6) is 0.494. The molecule has 3 amide bonds. The van der Waals surface area contributed by atoms with Crippen LogP contribution in [0.4, 0.5) is 0 Å². The maximum Gasteiger partial charge on any atom is 0.239 e. The molecule has 186 valence electrons. The van der Waals surface area contributed by atoms with Gasteiger partial charge in [-0.3, -0.25) is 14.4 Å². The predicted octanol–water partition coefficient (Wildman–Crippen LogP) is 2.59. The van der Waals surface area contributed by atoms with Crippen molar-refractivity contribution in [2.45, 2.75) is 44.8 Å². The van der Waals surface area contributed by atoms with Gasteiger partial charge in [0, 0.05) is 44.2 Å². The Morgan fingerprint density at radius 1 is 1.00 bits per heavy atom. The molecule has 0 radical (unpaired) electrons. The summed E-state index contributed by atoms with van der Waals surface area (Å²) in [7, 11) is 0. The third-order valence-corrected chi connectivity index (χ3v) is 7.52. The molecule has 1 aromatic carbocycles. The number of carbonyl (C=O) groups is 3. The number of furan rings is 1. The number of benzene rings is 1. The average Bonchev–Trinajstić information content (AvgIpc) is 3.50. The van der Waals surface area contributed by atoms with Gasteiger partial charge in [-0.1, -0.05) is 30.3 Å². The first-order chi connectivity index (χ1) is 17.1. The van der Waals surface area contributed by atoms with Gasteiger partial charge in [-0.25, -0.2) is 0 Å². The Morgan fingerprint density at radius 2 is 1.80 bits per heavy atom. The predicted molar refractivity (Wildman–Crippen MR) is 128 cm³/mol. The third kappa shape index (κ3) is 5.59. The van der Waals surface area contributed by atoms with E-state index in [0.717, 1.165) is 11.3 Å². The number of ether oxygens (including phenoxy) is 1. The lowest BCUT2D eigenvalue weighted by atomic mass is 9.97. The Hall–Kier alpha value is -3.13. The first kappa shape index (κ1) is 23.6. The number of hydrogen-bond donors (Lipinski definition) is 1. The highest BCUT2D eigenvalue weighted by Gasteiger charge is 2.44. The lowest BCUT2D eigenvalue weighted by Crippen LogP contribution is -2.43. The quantitative estimate of drug-likeness (QED) is 0.688. The highest BCUT2D eigenvalue weighted by molar-refractivity contribution is 5.87. The normalized spacial score (nSPS) is 25.0. The minimum absolute atomic E-state index is 0.0439. The van der Waals surface area contributed by atoms with Crippen LogP contribution in [-0.2, 0) is 32.2 Å². The van der Waals surface area contributed by atoms with Crippen LogP contribution in [0.1, 0.15) is 37.0 Å². The van der Waals surface area contributed by atoms with Crippen molar-refractivity contribution in [3.05, 3.63) is 60.1 Å². The standard InChI is InChI=1S/C27H33N3O5/c31-25-18-30(26(32)20-8-11-34-12-9-20)16-22-13-21(14-24(22)28-25)27(33)29(17-23-7-4-10-35-23)15-19-5-2-1-3-6-19/h1-7,10,20-22,24H,8-9,11-18H2,(H,28,31)/t21-,22+,24+/m0/s1. The van der Waals surface area contributed by atoms with Crippen LogP contribution in [0.5, 0.6) is 0 Å². The van der Waals surface area contributed by atoms with Gasteiger partial charge in [-0.05, 0) is 49.3 Å². The Kier molecular flexibility index (Phi) is 7.18. The van der Waals surface area contributed by atoms with E-state index in [1.807, 2.05) is 47.4 Å². The summed E-state index contributed by atoms with van der Waals surface area (Å²) >= 11 is 0. The van der Waals surface area contributed by atoms with Crippen molar-refractivity contribution in [2.24, 2.45) is 17.8 Å². The fraction of sp³-hybridized carbons (Fsp3) is 0.519. The van der Waals surface area contributed by atoms with E-state index < -0.39 is 0 Å². The van der Waals surface area contributed by atoms with Crippen molar-refractivity contribution < 1.29 is 23.5 Å². The lowest BCUT2D eigenvalue weighted by Gasteiger charge is -2.29. The topological polar surface area (TPSA) is 92.1 Å². The molecule has 2 saturated heterocycles. The van der Waals surface area contributed by atoms with E-state index in [1.54, 1.807) is 11.2 Å². The second-order valence-corrected chi connectivity index (χ2v) is 9.97. The average molecular weight is 480 g/mol. The largest absolute Gasteiger partial charge is 0.467 e. The van der Waals surface area contributed by atoms with Gasteiger partial charge in [0.2, 0.25) is 17.7 Å². The van der Waals surface area contributed by atoms with E-state index in [4.69, 9.17) is 9.15 Å². The first-order valence-electron chi connectivity index (χ1n) is 12.6. The molecule has 1 aliphatic carbocycles. The number of amides is 3. The van der Waals surface area contributed by atoms with Crippen LogP contribution >= 0.6 is 0 Å². The molecule has 0 spiro atoms. The number of carbonyl (C=O) groups excluding carboxylic acids is 3. The van der Waals surface area contributed by atoms with Crippen LogP contribution in [0.2, 0.25) is 0 Å². The molecule has 3 atom stereocenters. The molecule has 0 unspecified atom stereocenters. The van der Waals surface area contributed by atoms with E-state index in [-0.39, 0.29) is 48.1 Å². The molecule has 35 heavy (non-hydrogen) atoms.